The number of H-pyrrole nitrogens is 1. The molecule has 1 aromatic rings. The molecule has 118 valence electrons. The molecule has 0 radical (unpaired) electrons. The van der Waals surface area contributed by atoms with E-state index in [0.29, 0.717) is 17.5 Å². The fraction of sp³-hybridized carbons (Fsp3) is 0.714. The highest BCUT2D eigenvalue weighted by Crippen LogP contribution is 2.29. The van der Waals surface area contributed by atoms with Gasteiger partial charge in [-0.15, -0.1) is 0 Å². The van der Waals surface area contributed by atoms with Gasteiger partial charge in [-0.25, -0.2) is 13.1 Å². The van der Waals surface area contributed by atoms with Gasteiger partial charge in [-0.05, 0) is 38.4 Å². The average molecular weight is 312 g/mol. The molecule has 6 nitrogen and oxygen atoms in total. The topological polar surface area (TPSA) is 77.2 Å². The fourth-order valence-corrected chi connectivity index (χ4v) is 4.74. The van der Waals surface area contributed by atoms with E-state index in [-0.39, 0.29) is 6.04 Å². The minimum Gasteiger partial charge on any atom is -0.363 e. The van der Waals surface area contributed by atoms with Gasteiger partial charge in [0, 0.05) is 37.1 Å². The Labute approximate surface area is 126 Å². The number of aromatic nitrogens is 1. The van der Waals surface area contributed by atoms with Crippen LogP contribution in [0.15, 0.2) is 17.2 Å². The summed E-state index contributed by atoms with van der Waals surface area (Å²) in [5.41, 5.74) is 0.895. The number of nitrogens with zero attached hydrogens (tertiary/aromatic N) is 1. The minimum absolute atomic E-state index is 0.0598. The van der Waals surface area contributed by atoms with E-state index in [2.05, 4.69) is 19.9 Å². The normalized spacial score (nSPS) is 26.3. The first-order chi connectivity index (χ1) is 10.1. The molecule has 0 bridgehead atoms. The van der Waals surface area contributed by atoms with Crippen molar-refractivity contribution in [1.29, 1.82) is 0 Å². The molecule has 2 aliphatic rings. The first-order valence-corrected chi connectivity index (χ1v) is 9.23. The summed E-state index contributed by atoms with van der Waals surface area (Å²) >= 11 is 0. The number of aromatic amines is 1. The van der Waals surface area contributed by atoms with Crippen molar-refractivity contribution < 1.29 is 8.42 Å². The Hall–Kier alpha value is -0.890. The van der Waals surface area contributed by atoms with E-state index in [4.69, 9.17) is 0 Å². The maximum absolute atomic E-state index is 12.5. The van der Waals surface area contributed by atoms with Crippen molar-refractivity contribution in [2.24, 2.45) is 0 Å². The molecule has 21 heavy (non-hydrogen) atoms. The summed E-state index contributed by atoms with van der Waals surface area (Å²) in [6.07, 6.45) is 4.78. The largest absolute Gasteiger partial charge is 0.363 e. The van der Waals surface area contributed by atoms with E-state index in [1.165, 1.54) is 6.42 Å². The molecular weight excluding hydrogens is 288 g/mol. The summed E-state index contributed by atoms with van der Waals surface area (Å²) in [6, 6.07) is 2.16. The lowest BCUT2D eigenvalue weighted by Gasteiger charge is -2.20. The van der Waals surface area contributed by atoms with Crippen LogP contribution in [0.2, 0.25) is 0 Å². The summed E-state index contributed by atoms with van der Waals surface area (Å²) in [5, 5.41) is 3.18. The summed E-state index contributed by atoms with van der Waals surface area (Å²) in [6.45, 7) is 5.66. The Morgan fingerprint density at radius 3 is 3.05 bits per heavy atom. The quantitative estimate of drug-likeness (QED) is 0.720. The standard InChI is InChI=1S/C14H24N4O2S/c1-2-15-9-11-8-12(10-16-11)21(19,20)17-13-5-7-18-6-3-4-14(13)18/h8,10,13-17H,2-7,9H2,1H3. The van der Waals surface area contributed by atoms with Crippen molar-refractivity contribution in [3.05, 3.63) is 18.0 Å². The maximum atomic E-state index is 12.5. The van der Waals surface area contributed by atoms with Crippen molar-refractivity contribution in [2.45, 2.75) is 49.7 Å². The molecule has 1 aromatic heterocycles. The van der Waals surface area contributed by atoms with Crippen LogP contribution in [-0.4, -0.2) is 50.0 Å². The Balaban J connectivity index is 1.67. The molecule has 3 rings (SSSR count). The summed E-state index contributed by atoms with van der Waals surface area (Å²) in [7, 11) is -3.42. The molecule has 0 amide bonds. The summed E-state index contributed by atoms with van der Waals surface area (Å²) < 4.78 is 27.9. The molecule has 3 heterocycles. The molecule has 0 spiro atoms. The van der Waals surface area contributed by atoms with Gasteiger partial charge in [0.25, 0.3) is 0 Å². The lowest BCUT2D eigenvalue weighted by molar-refractivity contribution is 0.309. The molecule has 7 heteroatoms. The zero-order valence-corrected chi connectivity index (χ0v) is 13.2. The minimum atomic E-state index is -3.42. The molecule has 2 atom stereocenters. The molecule has 2 fully saturated rings. The van der Waals surface area contributed by atoms with Crippen LogP contribution < -0.4 is 10.0 Å². The highest BCUT2D eigenvalue weighted by Gasteiger charge is 2.39. The number of hydrogen-bond donors (Lipinski definition) is 3. The first-order valence-electron chi connectivity index (χ1n) is 7.74. The smallest absolute Gasteiger partial charge is 0.242 e. The van der Waals surface area contributed by atoms with Gasteiger partial charge in [0.05, 0.1) is 4.90 Å². The van der Waals surface area contributed by atoms with Gasteiger partial charge in [-0.1, -0.05) is 6.92 Å². The van der Waals surface area contributed by atoms with Crippen LogP contribution in [0.3, 0.4) is 0 Å². The van der Waals surface area contributed by atoms with Gasteiger partial charge in [0.2, 0.25) is 10.0 Å². The number of rotatable bonds is 6. The summed E-state index contributed by atoms with van der Waals surface area (Å²) in [5.74, 6) is 0. The van der Waals surface area contributed by atoms with Gasteiger partial charge in [-0.2, -0.15) is 0 Å². The average Bonchev–Trinajstić information content (AvgIpc) is 3.14. The number of hydrogen-bond acceptors (Lipinski definition) is 4. The van der Waals surface area contributed by atoms with Crippen LogP contribution in [0.25, 0.3) is 0 Å². The SMILES string of the molecule is CCNCc1cc(S(=O)(=O)NC2CCN3CCCC23)c[nH]1. The van der Waals surface area contributed by atoms with Gasteiger partial charge in [0.1, 0.15) is 0 Å². The molecule has 0 aliphatic carbocycles. The first kappa shape index (κ1) is 15.0. The lowest BCUT2D eigenvalue weighted by Crippen LogP contribution is -2.42. The zero-order valence-electron chi connectivity index (χ0n) is 12.4. The lowest BCUT2D eigenvalue weighted by atomic mass is 10.1. The second kappa shape index (κ2) is 6.08. The highest BCUT2D eigenvalue weighted by atomic mass is 32.2. The van der Waals surface area contributed by atoms with Gasteiger partial charge in [0.15, 0.2) is 0 Å². The second-order valence-electron chi connectivity index (χ2n) is 5.90. The van der Waals surface area contributed by atoms with Crippen LogP contribution in [0.4, 0.5) is 0 Å². The predicted molar refractivity (Wildman–Crippen MR) is 81.5 cm³/mol. The van der Waals surface area contributed by atoms with Gasteiger partial charge < -0.3 is 10.3 Å². The van der Waals surface area contributed by atoms with Crippen molar-refractivity contribution in [3.63, 3.8) is 0 Å². The van der Waals surface area contributed by atoms with Crippen LogP contribution in [-0.2, 0) is 16.6 Å². The number of fused-ring (bicyclic) bond motifs is 1. The molecule has 2 aliphatic heterocycles. The zero-order chi connectivity index (χ0) is 14.9. The second-order valence-corrected chi connectivity index (χ2v) is 7.62. The monoisotopic (exact) mass is 312 g/mol. The Bertz CT molecular complexity index is 584. The third kappa shape index (κ3) is 3.15. The summed E-state index contributed by atoms with van der Waals surface area (Å²) in [4.78, 5) is 5.77. The molecule has 0 aromatic carbocycles. The van der Waals surface area contributed by atoms with E-state index < -0.39 is 10.0 Å². The van der Waals surface area contributed by atoms with E-state index in [0.717, 1.165) is 38.2 Å². The number of nitrogens with one attached hydrogen (secondary N) is 3. The Morgan fingerprint density at radius 2 is 2.24 bits per heavy atom. The van der Waals surface area contributed by atoms with Gasteiger partial charge >= 0.3 is 0 Å². The predicted octanol–water partition coefficient (Wildman–Crippen LogP) is 0.639. The molecular formula is C14H24N4O2S. The van der Waals surface area contributed by atoms with Crippen LogP contribution in [0.5, 0.6) is 0 Å². The van der Waals surface area contributed by atoms with E-state index in [1.54, 1.807) is 12.3 Å². The van der Waals surface area contributed by atoms with Crippen molar-refractivity contribution in [3.8, 4) is 0 Å². The van der Waals surface area contributed by atoms with Crippen LogP contribution in [0.1, 0.15) is 31.9 Å². The van der Waals surface area contributed by atoms with Crippen molar-refractivity contribution in [2.75, 3.05) is 19.6 Å². The third-order valence-corrected chi connectivity index (χ3v) is 5.97. The third-order valence-electron chi connectivity index (χ3n) is 4.50. The van der Waals surface area contributed by atoms with Gasteiger partial charge in [-0.3, -0.25) is 4.90 Å². The molecule has 0 saturated carbocycles. The maximum Gasteiger partial charge on any atom is 0.242 e. The van der Waals surface area contributed by atoms with E-state index in [9.17, 15) is 8.42 Å². The van der Waals surface area contributed by atoms with Crippen molar-refractivity contribution in [1.82, 2.24) is 19.9 Å². The van der Waals surface area contributed by atoms with Crippen LogP contribution >= 0.6 is 0 Å². The molecule has 3 N–H and O–H groups in total. The van der Waals surface area contributed by atoms with E-state index >= 15 is 0 Å². The fourth-order valence-electron chi connectivity index (χ4n) is 3.42. The Kier molecular flexibility index (Phi) is 4.35. The molecule has 2 saturated heterocycles. The number of sulfonamides is 1. The van der Waals surface area contributed by atoms with Crippen molar-refractivity contribution >= 4 is 10.0 Å². The molecule has 2 unspecified atom stereocenters. The van der Waals surface area contributed by atoms with E-state index in [1.807, 2.05) is 6.92 Å². The van der Waals surface area contributed by atoms with Crippen LogP contribution in [0, 0.1) is 0 Å². The Morgan fingerprint density at radius 1 is 1.38 bits per heavy atom. The highest BCUT2D eigenvalue weighted by molar-refractivity contribution is 7.89.